The van der Waals surface area contributed by atoms with Gasteiger partial charge in [0.15, 0.2) is 0 Å². The summed E-state index contributed by atoms with van der Waals surface area (Å²) in [7, 11) is 0. The average Bonchev–Trinajstić information content (AvgIpc) is 2.45. The van der Waals surface area contributed by atoms with Crippen molar-refractivity contribution in [1.29, 1.82) is 0 Å². The van der Waals surface area contributed by atoms with E-state index in [4.69, 9.17) is 5.73 Å². The zero-order chi connectivity index (χ0) is 13.7. The number of rotatable bonds is 5. The molecule has 0 aliphatic heterocycles. The fourth-order valence-corrected chi connectivity index (χ4v) is 4.74. The van der Waals surface area contributed by atoms with Crippen molar-refractivity contribution in [3.63, 3.8) is 0 Å². The monoisotopic (exact) mass is 278 g/mol. The normalized spacial score (nSPS) is 26.9. The Morgan fingerprint density at radius 3 is 2.95 bits per heavy atom. The maximum atomic E-state index is 6.35. The van der Waals surface area contributed by atoms with E-state index in [1.165, 1.54) is 31.2 Å². The van der Waals surface area contributed by atoms with Gasteiger partial charge in [-0.2, -0.15) is 0 Å². The first kappa shape index (κ1) is 14.9. The average molecular weight is 278 g/mol. The Morgan fingerprint density at radius 2 is 2.32 bits per heavy atom. The molecule has 19 heavy (non-hydrogen) atoms. The third-order valence-corrected chi connectivity index (χ3v) is 5.83. The number of hydrogen-bond acceptors (Lipinski definition) is 3. The fourth-order valence-electron chi connectivity index (χ4n) is 2.89. The molecule has 2 nitrogen and oxygen atoms in total. The van der Waals surface area contributed by atoms with Crippen LogP contribution in [-0.2, 0) is 0 Å². The molecule has 106 valence electrons. The maximum Gasteiger partial charge on any atom is 0.0466 e. The lowest BCUT2D eigenvalue weighted by atomic mass is 9.90. The van der Waals surface area contributed by atoms with Gasteiger partial charge in [-0.1, -0.05) is 32.8 Å². The fraction of sp³-hybridized carbons (Fsp3) is 0.688. The molecular formula is C16H26N2S. The first-order valence-electron chi connectivity index (χ1n) is 7.51. The Bertz CT molecular complexity index is 368. The van der Waals surface area contributed by atoms with Crippen LogP contribution in [0, 0.1) is 5.92 Å². The van der Waals surface area contributed by atoms with Crippen LogP contribution >= 0.6 is 11.8 Å². The molecule has 1 aromatic heterocycles. The number of nitrogens with two attached hydrogens (primary N) is 1. The van der Waals surface area contributed by atoms with Crippen LogP contribution in [0.15, 0.2) is 24.5 Å². The van der Waals surface area contributed by atoms with Gasteiger partial charge >= 0.3 is 0 Å². The molecule has 1 aliphatic rings. The summed E-state index contributed by atoms with van der Waals surface area (Å²) in [4.78, 5) is 4.26. The summed E-state index contributed by atoms with van der Waals surface area (Å²) < 4.78 is 0. The predicted molar refractivity (Wildman–Crippen MR) is 84.3 cm³/mol. The number of hydrogen-bond donors (Lipinski definition) is 1. The van der Waals surface area contributed by atoms with E-state index in [9.17, 15) is 0 Å². The van der Waals surface area contributed by atoms with Gasteiger partial charge < -0.3 is 5.73 Å². The third kappa shape index (κ3) is 4.22. The number of nitrogens with zero attached hydrogens (tertiary/aromatic N) is 1. The van der Waals surface area contributed by atoms with E-state index in [0.29, 0.717) is 5.25 Å². The van der Waals surface area contributed by atoms with Crippen molar-refractivity contribution >= 4 is 11.8 Å². The molecule has 1 heterocycles. The van der Waals surface area contributed by atoms with E-state index in [2.05, 4.69) is 36.7 Å². The number of pyridine rings is 1. The van der Waals surface area contributed by atoms with Crippen LogP contribution in [-0.4, -0.2) is 16.3 Å². The Kier molecular flexibility index (Phi) is 5.71. The van der Waals surface area contributed by atoms with Gasteiger partial charge in [-0.15, -0.1) is 11.8 Å². The maximum absolute atomic E-state index is 6.35. The Hall–Kier alpha value is -0.540. The molecule has 0 bridgehead atoms. The van der Waals surface area contributed by atoms with E-state index in [1.807, 2.05) is 18.5 Å². The zero-order valence-electron chi connectivity index (χ0n) is 12.1. The lowest BCUT2D eigenvalue weighted by Crippen LogP contribution is -2.28. The molecule has 3 heteroatoms. The second-order valence-corrected chi connectivity index (χ2v) is 7.26. The van der Waals surface area contributed by atoms with Crippen molar-refractivity contribution in [3.05, 3.63) is 30.1 Å². The van der Waals surface area contributed by atoms with E-state index >= 15 is 0 Å². The molecule has 4 atom stereocenters. The topological polar surface area (TPSA) is 38.9 Å². The molecule has 0 amide bonds. The largest absolute Gasteiger partial charge is 0.326 e. The molecule has 0 radical (unpaired) electrons. The van der Waals surface area contributed by atoms with Crippen LogP contribution in [0.4, 0.5) is 0 Å². The molecule has 0 saturated heterocycles. The molecule has 1 aromatic rings. The summed E-state index contributed by atoms with van der Waals surface area (Å²) in [5, 5.41) is 1.17. The minimum Gasteiger partial charge on any atom is -0.326 e. The van der Waals surface area contributed by atoms with Gasteiger partial charge in [0.05, 0.1) is 0 Å². The van der Waals surface area contributed by atoms with Crippen molar-refractivity contribution in [2.24, 2.45) is 11.7 Å². The summed E-state index contributed by atoms with van der Waals surface area (Å²) in [6.07, 6.45) is 10.3. The SMILES string of the molecule is CCC(N)C(SC1CCCC(C)C1)c1cccnc1. The van der Waals surface area contributed by atoms with E-state index in [1.54, 1.807) is 0 Å². The van der Waals surface area contributed by atoms with Crippen molar-refractivity contribution < 1.29 is 0 Å². The van der Waals surface area contributed by atoms with E-state index in [-0.39, 0.29) is 6.04 Å². The smallest absolute Gasteiger partial charge is 0.0466 e. The van der Waals surface area contributed by atoms with Crippen molar-refractivity contribution in [1.82, 2.24) is 4.98 Å². The summed E-state index contributed by atoms with van der Waals surface area (Å²) >= 11 is 2.09. The molecule has 1 fully saturated rings. The van der Waals surface area contributed by atoms with E-state index in [0.717, 1.165) is 17.6 Å². The third-order valence-electron chi connectivity index (χ3n) is 4.10. The highest BCUT2D eigenvalue weighted by molar-refractivity contribution is 8.00. The van der Waals surface area contributed by atoms with Gasteiger partial charge in [0.1, 0.15) is 0 Å². The highest BCUT2D eigenvalue weighted by Crippen LogP contribution is 2.41. The lowest BCUT2D eigenvalue weighted by Gasteiger charge is -2.32. The molecule has 1 saturated carbocycles. The second-order valence-electron chi connectivity index (χ2n) is 5.81. The molecule has 2 rings (SSSR count). The summed E-state index contributed by atoms with van der Waals surface area (Å²) in [5.41, 5.74) is 7.64. The molecule has 4 unspecified atom stereocenters. The molecule has 0 aromatic carbocycles. The molecule has 0 spiro atoms. The minimum atomic E-state index is 0.228. The minimum absolute atomic E-state index is 0.228. The van der Waals surface area contributed by atoms with Crippen molar-refractivity contribution in [2.75, 3.05) is 0 Å². The second kappa shape index (κ2) is 7.30. The van der Waals surface area contributed by atoms with Gasteiger partial charge in [-0.05, 0) is 36.8 Å². The Morgan fingerprint density at radius 1 is 1.47 bits per heavy atom. The highest BCUT2D eigenvalue weighted by Gasteiger charge is 2.26. The molecule has 1 aliphatic carbocycles. The van der Waals surface area contributed by atoms with Gasteiger partial charge in [-0.3, -0.25) is 4.98 Å². The van der Waals surface area contributed by atoms with Crippen LogP contribution in [0.2, 0.25) is 0 Å². The van der Waals surface area contributed by atoms with Crippen molar-refractivity contribution in [3.8, 4) is 0 Å². The summed E-state index contributed by atoms with van der Waals surface area (Å²) in [6.45, 7) is 4.56. The van der Waals surface area contributed by atoms with Crippen LogP contribution in [0.1, 0.15) is 56.8 Å². The molecular weight excluding hydrogens is 252 g/mol. The number of aromatic nitrogens is 1. The van der Waals surface area contributed by atoms with Gasteiger partial charge in [-0.25, -0.2) is 0 Å². The summed E-state index contributed by atoms with van der Waals surface area (Å²) in [6, 6.07) is 4.42. The highest BCUT2D eigenvalue weighted by atomic mass is 32.2. The van der Waals surface area contributed by atoms with Crippen LogP contribution in [0.3, 0.4) is 0 Å². The first-order valence-corrected chi connectivity index (χ1v) is 8.46. The zero-order valence-corrected chi connectivity index (χ0v) is 12.9. The Balaban J connectivity index is 2.06. The first-order chi connectivity index (χ1) is 9.20. The predicted octanol–water partition coefficient (Wildman–Crippen LogP) is 4.17. The van der Waals surface area contributed by atoms with Crippen molar-refractivity contribution in [2.45, 2.75) is 62.5 Å². The number of thioether (sulfide) groups is 1. The Labute approximate surface area is 121 Å². The van der Waals surface area contributed by atoms with Crippen LogP contribution < -0.4 is 5.73 Å². The standard InChI is InChI=1S/C16H26N2S/c1-3-15(17)16(13-7-5-9-18-11-13)19-14-8-4-6-12(2)10-14/h5,7,9,11-12,14-16H,3-4,6,8,10,17H2,1-2H3. The van der Waals surface area contributed by atoms with Gasteiger partial charge in [0, 0.05) is 28.9 Å². The van der Waals surface area contributed by atoms with Gasteiger partial charge in [0.2, 0.25) is 0 Å². The van der Waals surface area contributed by atoms with Gasteiger partial charge in [0.25, 0.3) is 0 Å². The molecule has 2 N–H and O–H groups in total. The van der Waals surface area contributed by atoms with E-state index < -0.39 is 0 Å². The van der Waals surface area contributed by atoms with Crippen LogP contribution in [0.5, 0.6) is 0 Å². The quantitative estimate of drug-likeness (QED) is 0.878. The van der Waals surface area contributed by atoms with Crippen LogP contribution in [0.25, 0.3) is 0 Å². The lowest BCUT2D eigenvalue weighted by molar-refractivity contribution is 0.393. The summed E-state index contributed by atoms with van der Waals surface area (Å²) in [5.74, 6) is 0.874.